The molecule has 0 N–H and O–H groups in total. The highest BCUT2D eigenvalue weighted by atomic mass is 16.3. The molecule has 0 bridgehead atoms. The third-order valence-corrected chi connectivity index (χ3v) is 28.5. The van der Waals surface area contributed by atoms with Crippen LogP contribution in [-0.2, 0) is 0 Å². The molecule has 0 amide bonds. The molecule has 8 nitrogen and oxygen atoms in total. The summed E-state index contributed by atoms with van der Waals surface area (Å²) < 4.78 is 26.5. The smallest absolute Gasteiger partial charge is 0.160 e. The lowest BCUT2D eigenvalue weighted by molar-refractivity contribution is 0.669. The minimum atomic E-state index is 0.880. The maximum atomic E-state index is 6.70. The van der Waals surface area contributed by atoms with Crippen molar-refractivity contribution in [2.24, 2.45) is 0 Å². The molecular weight excluding hydrogens is 1830 g/mol. The number of para-hydroxylation sites is 8. The number of hydrogen-bond acceptors (Lipinski definition) is 8. The summed E-state index contributed by atoms with van der Waals surface area (Å²) in [6.07, 6.45) is 0. The number of nitrogens with zero attached hydrogens (tertiary/aromatic N) is 4. The molecule has 4 heterocycles. The molecule has 0 aliphatic heterocycles. The molecule has 0 atom stereocenters. The van der Waals surface area contributed by atoms with Crippen LogP contribution in [0.15, 0.2) is 600 Å². The van der Waals surface area contributed by atoms with Crippen LogP contribution in [0.25, 0.3) is 186 Å². The van der Waals surface area contributed by atoms with Gasteiger partial charge in [-0.1, -0.05) is 443 Å². The molecule has 0 aliphatic rings. The molecule has 4 aromatic heterocycles. The fraction of sp³-hybridized carbons (Fsp3) is 0. The third-order valence-electron chi connectivity index (χ3n) is 28.5. The Labute approximate surface area is 868 Å². The molecule has 0 radical (unpaired) electrons. The lowest BCUT2D eigenvalue weighted by Crippen LogP contribution is -2.11. The Bertz CT molecular complexity index is 9890. The van der Waals surface area contributed by atoms with Gasteiger partial charge in [0.25, 0.3) is 0 Å². The van der Waals surface area contributed by atoms with Crippen LogP contribution >= 0.6 is 0 Å². The van der Waals surface area contributed by atoms with Crippen LogP contribution < -0.4 is 19.6 Å². The minimum Gasteiger partial charge on any atom is -0.454 e. The second-order valence-corrected chi connectivity index (χ2v) is 37.6. The van der Waals surface area contributed by atoms with Crippen molar-refractivity contribution in [2.45, 2.75) is 0 Å². The van der Waals surface area contributed by atoms with Crippen LogP contribution in [0.4, 0.5) is 68.2 Å². The molecule has 0 fully saturated rings. The second-order valence-electron chi connectivity index (χ2n) is 37.6. The Balaban J connectivity index is 0.000000101. The summed E-state index contributed by atoms with van der Waals surface area (Å²) in [5.74, 6) is 0. The van der Waals surface area contributed by atoms with Crippen molar-refractivity contribution in [2.75, 3.05) is 19.6 Å². The quantitative estimate of drug-likeness (QED) is 0.0894. The molecule has 708 valence electrons. The van der Waals surface area contributed by atoms with Crippen LogP contribution in [-0.4, -0.2) is 0 Å². The van der Waals surface area contributed by atoms with Gasteiger partial charge in [-0.2, -0.15) is 0 Å². The van der Waals surface area contributed by atoms with E-state index in [0.29, 0.717) is 0 Å². The number of anilines is 12. The predicted octanol–water partition coefficient (Wildman–Crippen LogP) is 41.2. The Hall–Kier alpha value is -20.1. The van der Waals surface area contributed by atoms with Crippen LogP contribution in [0.3, 0.4) is 0 Å². The zero-order valence-corrected chi connectivity index (χ0v) is 81.8. The average Bonchev–Trinajstić information content (AvgIpc) is 1.57. The first kappa shape index (κ1) is 90.0. The summed E-state index contributed by atoms with van der Waals surface area (Å²) in [7, 11) is 0. The van der Waals surface area contributed by atoms with Gasteiger partial charge in [0.15, 0.2) is 22.3 Å². The van der Waals surface area contributed by atoms with Crippen LogP contribution in [0.2, 0.25) is 0 Å². The Morgan fingerprint density at radius 2 is 0.327 bits per heavy atom. The standard InChI is InChI=1S/C40H27NO.3C34H23NO/c1-3-13-28(14-4-1)30-18-11-20-33(25-30)41(34-21-12-19-31(26-34)29-15-5-2-6-16-29)37-27-32-17-7-8-22-35(32)39-36-23-9-10-24-38(36)42-40(37)39;1-3-13-24(14-4-1)27-18-9-11-21-30(27)35(26-16-5-2-6-17-26)31-23-25-15-7-8-19-28(25)33-29-20-10-12-22-32(29)36-34(31)33;1-3-12-24(13-4-1)25-15-11-18-28(22-25)35(27-16-5-2-6-17-27)31-23-26-14-7-8-19-29(26)33-30-20-9-10-21-32(30)36-34(31)33;1-3-11-24(12-4-1)25-19-21-28(22-20-25)35(27-14-5-2-6-15-27)31-23-26-13-7-8-16-29(26)33-30-17-9-10-18-32(30)36-34(31)33/h1-27H;3*1-23H. The van der Waals surface area contributed by atoms with Crippen molar-refractivity contribution in [3.05, 3.63) is 582 Å². The first-order valence-electron chi connectivity index (χ1n) is 50.9. The van der Waals surface area contributed by atoms with Crippen LogP contribution in [0.5, 0.6) is 0 Å². The van der Waals surface area contributed by atoms with E-state index in [1.165, 1.54) is 98.7 Å². The van der Waals surface area contributed by atoms with E-state index < -0.39 is 0 Å². The largest absolute Gasteiger partial charge is 0.454 e. The Morgan fingerprint density at radius 3 is 0.647 bits per heavy atom. The summed E-state index contributed by atoms with van der Waals surface area (Å²) in [6.45, 7) is 0. The van der Waals surface area contributed by atoms with Crippen molar-refractivity contribution >= 4 is 199 Å². The molecule has 8 heteroatoms. The van der Waals surface area contributed by atoms with Crippen LogP contribution in [0.1, 0.15) is 0 Å². The van der Waals surface area contributed by atoms with Gasteiger partial charge in [0.2, 0.25) is 0 Å². The topological polar surface area (TPSA) is 65.5 Å². The zero-order valence-electron chi connectivity index (χ0n) is 81.8. The van der Waals surface area contributed by atoms with Crippen molar-refractivity contribution in [3.8, 4) is 55.6 Å². The van der Waals surface area contributed by atoms with Gasteiger partial charge < -0.3 is 37.3 Å². The lowest BCUT2D eigenvalue weighted by atomic mass is 9.99. The van der Waals surface area contributed by atoms with E-state index in [1.807, 2.05) is 30.3 Å². The molecule has 29 rings (SSSR count). The summed E-state index contributed by atoms with van der Waals surface area (Å²) in [6, 6.07) is 205. The maximum absolute atomic E-state index is 6.70. The van der Waals surface area contributed by atoms with Crippen molar-refractivity contribution < 1.29 is 17.7 Å². The SMILES string of the molecule is c1ccc(-c2ccc(N(c3ccccc3)c3cc4ccccc4c4c3oc3ccccc34)cc2)cc1.c1ccc(-c2cccc(N(c3cccc(-c4ccccc4)c3)c3cc4ccccc4c4c3oc3ccccc34)c2)cc1.c1ccc(-c2cccc(N(c3ccccc3)c3cc4ccccc4c4c3oc3ccccc34)c2)cc1.c1ccc(-c2ccccc2N(c2ccccc2)c2cc3ccccc3c3c2oc2ccccc23)cc1. The minimum absolute atomic E-state index is 0.880. The maximum Gasteiger partial charge on any atom is 0.160 e. The van der Waals surface area contributed by atoms with Gasteiger partial charge in [-0.25, -0.2) is 0 Å². The third kappa shape index (κ3) is 17.1. The van der Waals surface area contributed by atoms with E-state index in [2.05, 4.69) is 572 Å². The number of fused-ring (bicyclic) bond motifs is 20. The molecular formula is C142H96N4O4. The fourth-order valence-corrected chi connectivity index (χ4v) is 21.6. The van der Waals surface area contributed by atoms with Crippen molar-refractivity contribution in [1.29, 1.82) is 0 Å². The normalized spacial score (nSPS) is 11.3. The second kappa shape index (κ2) is 39.9. The molecule has 29 aromatic rings. The van der Waals surface area contributed by atoms with Gasteiger partial charge in [0.05, 0.1) is 28.4 Å². The monoisotopic (exact) mass is 1920 g/mol. The summed E-state index contributed by atoms with van der Waals surface area (Å²) in [5, 5.41) is 18.7. The number of hydrogen-bond donors (Lipinski definition) is 0. The highest BCUT2D eigenvalue weighted by molar-refractivity contribution is 6.27. The predicted molar refractivity (Wildman–Crippen MR) is 631 cm³/mol. The lowest BCUT2D eigenvalue weighted by Gasteiger charge is -2.28. The van der Waals surface area contributed by atoms with E-state index in [9.17, 15) is 0 Å². The molecule has 0 spiro atoms. The highest BCUT2D eigenvalue weighted by Crippen LogP contribution is 2.54. The number of benzene rings is 25. The summed E-state index contributed by atoms with van der Waals surface area (Å²) in [5.41, 5.74) is 31.7. The van der Waals surface area contributed by atoms with Gasteiger partial charge in [-0.3, -0.25) is 0 Å². The highest BCUT2D eigenvalue weighted by Gasteiger charge is 2.30. The molecule has 25 aromatic carbocycles. The van der Waals surface area contributed by atoms with Crippen molar-refractivity contribution in [3.63, 3.8) is 0 Å². The molecule has 150 heavy (non-hydrogen) atoms. The van der Waals surface area contributed by atoms with Crippen molar-refractivity contribution in [1.82, 2.24) is 0 Å². The van der Waals surface area contributed by atoms with Gasteiger partial charge in [-0.05, 0) is 233 Å². The zero-order chi connectivity index (χ0) is 99.6. The van der Waals surface area contributed by atoms with E-state index >= 15 is 0 Å². The van der Waals surface area contributed by atoms with Gasteiger partial charge in [-0.15, -0.1) is 0 Å². The molecule has 0 aliphatic carbocycles. The van der Waals surface area contributed by atoms with E-state index in [-0.39, 0.29) is 0 Å². The first-order chi connectivity index (χ1) is 74.4. The summed E-state index contributed by atoms with van der Waals surface area (Å²) >= 11 is 0. The number of furan rings is 4. The molecule has 0 unspecified atom stereocenters. The van der Waals surface area contributed by atoms with E-state index in [1.54, 1.807) is 0 Å². The fourth-order valence-electron chi connectivity index (χ4n) is 21.6. The summed E-state index contributed by atoms with van der Waals surface area (Å²) in [4.78, 5) is 9.28. The average molecular weight is 1920 g/mol. The van der Waals surface area contributed by atoms with Crippen LogP contribution in [0, 0.1) is 0 Å². The van der Waals surface area contributed by atoms with E-state index in [4.69, 9.17) is 17.7 Å². The first-order valence-corrected chi connectivity index (χ1v) is 50.9. The van der Waals surface area contributed by atoms with E-state index in [0.717, 1.165) is 156 Å². The Morgan fingerprint density at radius 1 is 0.120 bits per heavy atom. The van der Waals surface area contributed by atoms with Gasteiger partial charge in [0, 0.05) is 88.5 Å². The van der Waals surface area contributed by atoms with Gasteiger partial charge in [0.1, 0.15) is 22.3 Å². The Kier molecular flexibility index (Phi) is 23.9. The molecule has 0 saturated heterocycles. The number of rotatable bonds is 17. The van der Waals surface area contributed by atoms with Gasteiger partial charge >= 0.3 is 0 Å². The molecule has 0 saturated carbocycles.